The summed E-state index contributed by atoms with van der Waals surface area (Å²) in [6.07, 6.45) is -4.38. The van der Waals surface area contributed by atoms with Crippen LogP contribution in [0.25, 0.3) is 0 Å². The van der Waals surface area contributed by atoms with Crippen molar-refractivity contribution in [3.63, 3.8) is 0 Å². The molecule has 2 rings (SSSR count). The maximum atomic E-state index is 12.6. The molecule has 1 atom stereocenters. The number of nitrogens with zero attached hydrogens (tertiary/aromatic N) is 1. The van der Waals surface area contributed by atoms with Crippen molar-refractivity contribution in [3.8, 4) is 0 Å². The number of anilines is 1. The van der Waals surface area contributed by atoms with Gasteiger partial charge in [-0.2, -0.15) is 13.2 Å². The van der Waals surface area contributed by atoms with Crippen LogP contribution >= 0.6 is 15.9 Å². The molecule has 0 amide bonds. The van der Waals surface area contributed by atoms with Crippen LogP contribution in [0.15, 0.2) is 22.7 Å². The summed E-state index contributed by atoms with van der Waals surface area (Å²) < 4.78 is 38.6. The predicted octanol–water partition coefficient (Wildman–Crippen LogP) is 4.28. The molecule has 112 valence electrons. The average Bonchev–Trinajstić information content (AvgIpc) is 2.37. The van der Waals surface area contributed by atoms with Gasteiger partial charge >= 0.3 is 6.18 Å². The summed E-state index contributed by atoms with van der Waals surface area (Å²) in [7, 11) is 0. The summed E-state index contributed by atoms with van der Waals surface area (Å²) in [5.74, 6) is -1.18. The zero-order valence-electron chi connectivity index (χ0n) is 11.1. The third-order valence-electron chi connectivity index (χ3n) is 3.76. The summed E-state index contributed by atoms with van der Waals surface area (Å²) >= 11 is 3.39. The lowest BCUT2D eigenvalue weighted by molar-refractivity contribution is -0.179. The lowest BCUT2D eigenvalue weighted by atomic mass is 9.96. The molecule has 1 heterocycles. The molecular weight excluding hydrogens is 335 g/mol. The normalized spacial score (nSPS) is 19.2. The van der Waals surface area contributed by atoms with Gasteiger partial charge in [-0.1, -0.05) is 22.0 Å². The average molecular weight is 352 g/mol. The zero-order valence-corrected chi connectivity index (χ0v) is 12.7. The van der Waals surface area contributed by atoms with Crippen LogP contribution < -0.4 is 4.90 Å². The highest BCUT2D eigenvalue weighted by Crippen LogP contribution is 2.36. The summed E-state index contributed by atoms with van der Waals surface area (Å²) in [5.41, 5.74) is 1.67. The highest BCUT2D eigenvalue weighted by Gasteiger charge is 2.41. The Kier molecular flexibility index (Phi) is 4.64. The molecule has 1 N–H and O–H groups in total. The van der Waals surface area contributed by atoms with Gasteiger partial charge in [0.1, 0.15) is 0 Å². The van der Waals surface area contributed by atoms with E-state index in [0.29, 0.717) is 13.1 Å². The maximum absolute atomic E-state index is 12.6. The van der Waals surface area contributed by atoms with Crippen molar-refractivity contribution < 1.29 is 18.3 Å². The Morgan fingerprint density at radius 3 is 2.35 bits per heavy atom. The number of alkyl halides is 3. The van der Waals surface area contributed by atoms with Gasteiger partial charge in [0.15, 0.2) is 0 Å². The molecule has 0 aromatic heterocycles. The van der Waals surface area contributed by atoms with Crippen LogP contribution in [0.3, 0.4) is 0 Å². The number of hydrogen-bond donors (Lipinski definition) is 1. The first-order valence-electron chi connectivity index (χ1n) is 6.58. The molecule has 1 aliphatic rings. The molecule has 0 bridgehead atoms. The fraction of sp³-hybridized carbons (Fsp3) is 0.571. The second kappa shape index (κ2) is 5.93. The molecule has 1 aromatic rings. The van der Waals surface area contributed by atoms with Gasteiger partial charge in [0.05, 0.1) is 12.0 Å². The zero-order chi connectivity index (χ0) is 14.9. The topological polar surface area (TPSA) is 23.5 Å². The van der Waals surface area contributed by atoms with E-state index in [9.17, 15) is 18.3 Å². The van der Waals surface area contributed by atoms with Crippen LogP contribution in [0.4, 0.5) is 18.9 Å². The van der Waals surface area contributed by atoms with Crippen molar-refractivity contribution >= 4 is 21.6 Å². The second-order valence-corrected chi connectivity index (χ2v) is 6.04. The van der Waals surface area contributed by atoms with Gasteiger partial charge in [0.25, 0.3) is 0 Å². The van der Waals surface area contributed by atoms with Crippen molar-refractivity contribution in [2.75, 3.05) is 18.0 Å². The Morgan fingerprint density at radius 1 is 1.30 bits per heavy atom. The molecule has 1 aromatic carbocycles. The van der Waals surface area contributed by atoms with E-state index in [1.807, 2.05) is 17.0 Å². The van der Waals surface area contributed by atoms with Crippen LogP contribution in [-0.4, -0.2) is 24.4 Å². The minimum atomic E-state index is -4.08. The Morgan fingerprint density at radius 2 is 1.90 bits per heavy atom. The molecular formula is C14H17BrF3NO. The largest absolute Gasteiger partial charge is 0.391 e. The lowest BCUT2D eigenvalue weighted by Gasteiger charge is -2.34. The lowest BCUT2D eigenvalue weighted by Crippen LogP contribution is -2.39. The molecule has 0 saturated carbocycles. The van der Waals surface area contributed by atoms with Gasteiger partial charge in [0, 0.05) is 23.2 Å². The van der Waals surface area contributed by atoms with Crippen LogP contribution in [0.5, 0.6) is 0 Å². The molecule has 1 aliphatic heterocycles. The fourth-order valence-electron chi connectivity index (χ4n) is 2.52. The Balaban J connectivity index is 2.06. The van der Waals surface area contributed by atoms with Gasteiger partial charge in [-0.25, -0.2) is 0 Å². The Hall–Kier alpha value is -0.750. The van der Waals surface area contributed by atoms with Crippen molar-refractivity contribution in [2.24, 2.45) is 5.92 Å². The number of rotatable bonds is 2. The molecule has 0 radical (unpaired) electrons. The first kappa shape index (κ1) is 15.6. The number of aliphatic hydroxyl groups is 1. The monoisotopic (exact) mass is 351 g/mol. The fourth-order valence-corrected chi connectivity index (χ4v) is 3.21. The summed E-state index contributed by atoms with van der Waals surface area (Å²) in [6, 6.07) is 5.51. The van der Waals surface area contributed by atoms with Gasteiger partial charge in [0.2, 0.25) is 0 Å². The number of aliphatic hydroxyl groups excluding tert-OH is 1. The quantitative estimate of drug-likeness (QED) is 0.859. The van der Waals surface area contributed by atoms with E-state index in [4.69, 9.17) is 0 Å². The standard InChI is InChI=1S/C14H17BrF3NO/c1-9(20)12-3-2-11(8-13(12)15)19-6-4-10(5-7-19)14(16,17)18/h2-3,8-10,20H,4-7H2,1H3. The van der Waals surface area contributed by atoms with Crippen LogP contribution in [0.2, 0.25) is 0 Å². The van der Waals surface area contributed by atoms with Crippen LogP contribution in [0.1, 0.15) is 31.4 Å². The molecule has 0 aliphatic carbocycles. The minimum Gasteiger partial charge on any atom is -0.389 e. The Labute approximate surface area is 124 Å². The molecule has 0 spiro atoms. The van der Waals surface area contributed by atoms with E-state index >= 15 is 0 Å². The summed E-state index contributed by atoms with van der Waals surface area (Å²) in [5, 5.41) is 9.56. The van der Waals surface area contributed by atoms with E-state index in [2.05, 4.69) is 15.9 Å². The van der Waals surface area contributed by atoms with Crippen LogP contribution in [-0.2, 0) is 0 Å². The SMILES string of the molecule is CC(O)c1ccc(N2CCC(C(F)(F)F)CC2)cc1Br. The summed E-state index contributed by atoms with van der Waals surface area (Å²) in [4.78, 5) is 1.96. The van der Waals surface area contributed by atoms with Gasteiger partial charge < -0.3 is 10.0 Å². The van der Waals surface area contributed by atoms with Crippen molar-refractivity contribution in [1.29, 1.82) is 0 Å². The number of piperidine rings is 1. The van der Waals surface area contributed by atoms with Crippen molar-refractivity contribution in [1.82, 2.24) is 0 Å². The minimum absolute atomic E-state index is 0.138. The predicted molar refractivity (Wildman–Crippen MR) is 75.8 cm³/mol. The van der Waals surface area contributed by atoms with Gasteiger partial charge in [-0.15, -0.1) is 0 Å². The molecule has 2 nitrogen and oxygen atoms in total. The molecule has 1 fully saturated rings. The molecule has 1 saturated heterocycles. The number of halogens is 4. The van der Waals surface area contributed by atoms with E-state index in [1.165, 1.54) is 0 Å². The van der Waals surface area contributed by atoms with E-state index in [1.54, 1.807) is 13.0 Å². The van der Waals surface area contributed by atoms with E-state index in [-0.39, 0.29) is 12.8 Å². The number of hydrogen-bond acceptors (Lipinski definition) is 2. The van der Waals surface area contributed by atoms with E-state index < -0.39 is 18.2 Å². The third kappa shape index (κ3) is 3.47. The second-order valence-electron chi connectivity index (χ2n) is 5.18. The first-order valence-corrected chi connectivity index (χ1v) is 7.37. The molecule has 6 heteroatoms. The van der Waals surface area contributed by atoms with Gasteiger partial charge in [-0.3, -0.25) is 0 Å². The maximum Gasteiger partial charge on any atom is 0.391 e. The molecule has 20 heavy (non-hydrogen) atoms. The highest BCUT2D eigenvalue weighted by molar-refractivity contribution is 9.10. The van der Waals surface area contributed by atoms with Crippen molar-refractivity contribution in [2.45, 2.75) is 32.0 Å². The third-order valence-corrected chi connectivity index (χ3v) is 4.44. The van der Waals surface area contributed by atoms with Crippen molar-refractivity contribution in [3.05, 3.63) is 28.2 Å². The van der Waals surface area contributed by atoms with Crippen LogP contribution in [0, 0.1) is 5.92 Å². The Bertz CT molecular complexity index is 468. The molecule has 1 unspecified atom stereocenters. The smallest absolute Gasteiger partial charge is 0.389 e. The van der Waals surface area contributed by atoms with E-state index in [0.717, 1.165) is 15.7 Å². The highest BCUT2D eigenvalue weighted by atomic mass is 79.9. The summed E-state index contributed by atoms with van der Waals surface area (Å²) in [6.45, 7) is 2.49. The number of benzene rings is 1. The van der Waals surface area contributed by atoms with Gasteiger partial charge in [-0.05, 0) is 37.5 Å². The first-order chi connectivity index (χ1) is 9.29.